The van der Waals surface area contributed by atoms with Gasteiger partial charge >= 0.3 is 0 Å². The van der Waals surface area contributed by atoms with Crippen LogP contribution >= 0.6 is 11.6 Å². The second-order valence-electron chi connectivity index (χ2n) is 5.64. The predicted octanol–water partition coefficient (Wildman–Crippen LogP) is 4.28. The number of benzene rings is 2. The quantitative estimate of drug-likeness (QED) is 0.684. The number of hydrogen-bond acceptors (Lipinski definition) is 4. The predicted molar refractivity (Wildman–Crippen MR) is 95.7 cm³/mol. The van der Waals surface area contributed by atoms with E-state index in [-0.39, 0.29) is 12.5 Å². The monoisotopic (exact) mass is 356 g/mol. The van der Waals surface area contributed by atoms with Crippen LogP contribution in [0.15, 0.2) is 59.1 Å². The largest absolute Gasteiger partial charge is 0.484 e. The van der Waals surface area contributed by atoms with Crippen molar-refractivity contribution < 1.29 is 13.9 Å². The number of ether oxygens (including phenoxy) is 1. The van der Waals surface area contributed by atoms with E-state index in [9.17, 15) is 4.79 Å². The highest BCUT2D eigenvalue weighted by molar-refractivity contribution is 6.30. The lowest BCUT2D eigenvalue weighted by Crippen LogP contribution is -2.21. The Kier molecular flexibility index (Phi) is 5.05. The molecule has 0 N–H and O–H groups in total. The van der Waals surface area contributed by atoms with E-state index in [0.29, 0.717) is 28.0 Å². The minimum absolute atomic E-state index is 0.0492. The number of carbonyl (C=O) groups excluding carboxylic acids is 1. The van der Waals surface area contributed by atoms with Crippen LogP contribution < -0.4 is 4.74 Å². The number of aromatic nitrogens is 1. The molecule has 0 aliphatic carbocycles. The zero-order valence-corrected chi connectivity index (χ0v) is 14.7. The van der Waals surface area contributed by atoms with Gasteiger partial charge in [0.05, 0.1) is 6.20 Å². The highest BCUT2D eigenvalue weighted by Crippen LogP contribution is 2.23. The molecular formula is C19H17ClN2O3. The first-order valence-electron chi connectivity index (χ1n) is 7.68. The number of carbonyl (C=O) groups is 1. The van der Waals surface area contributed by atoms with Crippen LogP contribution in [0, 0.1) is 0 Å². The second-order valence-corrected chi connectivity index (χ2v) is 6.07. The summed E-state index contributed by atoms with van der Waals surface area (Å²) < 4.78 is 11.3. The Balaban J connectivity index is 1.62. The summed E-state index contributed by atoms with van der Waals surface area (Å²) in [5, 5.41) is 0.669. The van der Waals surface area contributed by atoms with Crippen LogP contribution in [0.2, 0.25) is 5.02 Å². The number of rotatable bonds is 5. The van der Waals surface area contributed by atoms with E-state index in [2.05, 4.69) is 4.98 Å². The number of oxazole rings is 1. The van der Waals surface area contributed by atoms with Crippen LogP contribution in [-0.2, 0) is 6.61 Å². The zero-order valence-electron chi connectivity index (χ0n) is 13.9. The molecule has 0 bridgehead atoms. The Labute approximate surface area is 150 Å². The van der Waals surface area contributed by atoms with E-state index in [1.54, 1.807) is 56.7 Å². The molecule has 2 aromatic carbocycles. The van der Waals surface area contributed by atoms with Gasteiger partial charge in [0, 0.05) is 30.2 Å². The summed E-state index contributed by atoms with van der Waals surface area (Å²) in [4.78, 5) is 17.6. The molecule has 1 aromatic heterocycles. The summed E-state index contributed by atoms with van der Waals surface area (Å²) in [6.07, 6.45) is 1.65. The van der Waals surface area contributed by atoms with Gasteiger partial charge in [-0.05, 0) is 48.5 Å². The van der Waals surface area contributed by atoms with E-state index in [1.165, 1.54) is 4.90 Å². The lowest BCUT2D eigenvalue weighted by Gasteiger charge is -2.10. The van der Waals surface area contributed by atoms with Gasteiger partial charge in [0.25, 0.3) is 5.91 Å². The summed E-state index contributed by atoms with van der Waals surface area (Å²) >= 11 is 5.88. The summed E-state index contributed by atoms with van der Waals surface area (Å²) in [6.45, 7) is 0.203. The maximum atomic E-state index is 11.8. The van der Waals surface area contributed by atoms with Gasteiger partial charge in [0.2, 0.25) is 5.89 Å². The molecule has 0 aliphatic heterocycles. The molecule has 3 rings (SSSR count). The molecule has 0 radical (unpaired) electrons. The van der Waals surface area contributed by atoms with E-state index in [1.807, 2.05) is 12.1 Å². The van der Waals surface area contributed by atoms with Gasteiger partial charge < -0.3 is 14.1 Å². The van der Waals surface area contributed by atoms with Crippen molar-refractivity contribution in [2.45, 2.75) is 6.61 Å². The molecule has 0 atom stereocenters. The van der Waals surface area contributed by atoms with Crippen molar-refractivity contribution in [3.63, 3.8) is 0 Å². The van der Waals surface area contributed by atoms with Gasteiger partial charge in [-0.1, -0.05) is 11.6 Å². The molecule has 0 spiro atoms. The van der Waals surface area contributed by atoms with Crippen molar-refractivity contribution in [2.75, 3.05) is 14.1 Å². The third-order valence-corrected chi connectivity index (χ3v) is 3.80. The average molecular weight is 357 g/mol. The molecule has 25 heavy (non-hydrogen) atoms. The standard InChI is InChI=1S/C19H17ClN2O3/c1-22(2)19(23)14-5-9-16(10-6-14)24-12-18-21-11-17(25-18)13-3-7-15(20)8-4-13/h3-11H,12H2,1-2H3. The normalized spacial score (nSPS) is 10.5. The van der Waals surface area contributed by atoms with Crippen LogP contribution in [0.25, 0.3) is 11.3 Å². The number of nitrogens with zero attached hydrogens (tertiary/aromatic N) is 2. The molecule has 1 amide bonds. The zero-order chi connectivity index (χ0) is 17.8. The molecule has 5 nitrogen and oxygen atoms in total. The molecule has 0 aliphatic rings. The van der Waals surface area contributed by atoms with Crippen molar-refractivity contribution in [1.82, 2.24) is 9.88 Å². The first-order chi connectivity index (χ1) is 12.0. The third kappa shape index (κ3) is 4.19. The Morgan fingerprint density at radius 1 is 1.12 bits per heavy atom. The van der Waals surface area contributed by atoms with Crippen molar-refractivity contribution in [1.29, 1.82) is 0 Å². The van der Waals surface area contributed by atoms with Gasteiger partial charge in [-0.15, -0.1) is 0 Å². The molecule has 0 fully saturated rings. The fourth-order valence-corrected chi connectivity index (χ4v) is 2.35. The average Bonchev–Trinajstić information content (AvgIpc) is 3.09. The van der Waals surface area contributed by atoms with Gasteiger partial charge in [-0.25, -0.2) is 4.98 Å². The Bertz CT molecular complexity index is 855. The topological polar surface area (TPSA) is 55.6 Å². The Hall–Kier alpha value is -2.79. The lowest BCUT2D eigenvalue weighted by atomic mass is 10.2. The summed E-state index contributed by atoms with van der Waals surface area (Å²) in [7, 11) is 3.43. The SMILES string of the molecule is CN(C)C(=O)c1ccc(OCc2ncc(-c3ccc(Cl)cc3)o2)cc1. The van der Waals surface area contributed by atoms with Crippen molar-refractivity contribution in [2.24, 2.45) is 0 Å². The lowest BCUT2D eigenvalue weighted by molar-refractivity contribution is 0.0827. The third-order valence-electron chi connectivity index (χ3n) is 3.55. The highest BCUT2D eigenvalue weighted by Gasteiger charge is 2.09. The molecule has 6 heteroatoms. The Morgan fingerprint density at radius 3 is 2.44 bits per heavy atom. The van der Waals surface area contributed by atoms with Crippen molar-refractivity contribution >= 4 is 17.5 Å². The molecule has 3 aromatic rings. The van der Waals surface area contributed by atoms with E-state index >= 15 is 0 Å². The first-order valence-corrected chi connectivity index (χ1v) is 8.06. The fraction of sp³-hybridized carbons (Fsp3) is 0.158. The van der Waals surface area contributed by atoms with Crippen molar-refractivity contribution in [3.05, 3.63) is 71.2 Å². The van der Waals surface area contributed by atoms with E-state index < -0.39 is 0 Å². The smallest absolute Gasteiger partial charge is 0.253 e. The van der Waals surface area contributed by atoms with Crippen LogP contribution in [0.5, 0.6) is 5.75 Å². The van der Waals surface area contributed by atoms with Crippen LogP contribution in [0.3, 0.4) is 0 Å². The molecule has 1 heterocycles. The first kappa shape index (κ1) is 17.0. The summed E-state index contributed by atoms with van der Waals surface area (Å²) in [5.74, 6) is 1.72. The molecular weight excluding hydrogens is 340 g/mol. The highest BCUT2D eigenvalue weighted by atomic mass is 35.5. The van der Waals surface area contributed by atoms with Crippen LogP contribution in [0.1, 0.15) is 16.2 Å². The van der Waals surface area contributed by atoms with E-state index in [0.717, 1.165) is 5.56 Å². The van der Waals surface area contributed by atoms with Crippen molar-refractivity contribution in [3.8, 4) is 17.1 Å². The molecule has 0 unspecified atom stereocenters. The maximum Gasteiger partial charge on any atom is 0.253 e. The summed E-state index contributed by atoms with van der Waals surface area (Å²) in [6, 6.07) is 14.3. The van der Waals surface area contributed by atoms with Gasteiger partial charge in [0.15, 0.2) is 12.4 Å². The van der Waals surface area contributed by atoms with Gasteiger partial charge in [-0.3, -0.25) is 4.79 Å². The number of halogens is 1. The van der Waals surface area contributed by atoms with Gasteiger partial charge in [0.1, 0.15) is 5.75 Å². The molecule has 128 valence electrons. The minimum Gasteiger partial charge on any atom is -0.484 e. The number of hydrogen-bond donors (Lipinski definition) is 0. The van der Waals surface area contributed by atoms with Crippen LogP contribution in [0.4, 0.5) is 0 Å². The molecule has 0 saturated heterocycles. The second kappa shape index (κ2) is 7.40. The number of amides is 1. The maximum absolute atomic E-state index is 11.8. The fourth-order valence-electron chi connectivity index (χ4n) is 2.22. The van der Waals surface area contributed by atoms with Gasteiger partial charge in [-0.2, -0.15) is 0 Å². The Morgan fingerprint density at radius 2 is 1.80 bits per heavy atom. The van der Waals surface area contributed by atoms with Crippen LogP contribution in [-0.4, -0.2) is 29.9 Å². The van der Waals surface area contributed by atoms with E-state index in [4.69, 9.17) is 20.8 Å². The minimum atomic E-state index is -0.0492. The molecule has 0 saturated carbocycles. The summed E-state index contributed by atoms with van der Waals surface area (Å²) in [5.41, 5.74) is 1.51.